The molecule has 4 N–H and O–H groups in total. The number of aryl methyl sites for hydroxylation is 1. The van der Waals surface area contributed by atoms with Crippen molar-refractivity contribution in [3.05, 3.63) is 54.1 Å². The molecule has 158 valence electrons. The molecule has 30 heavy (non-hydrogen) atoms. The van der Waals surface area contributed by atoms with Gasteiger partial charge >= 0.3 is 10.1 Å². The third-order valence-electron chi connectivity index (χ3n) is 5.51. The Balaban J connectivity index is 1.77. The van der Waals surface area contributed by atoms with Crippen molar-refractivity contribution in [2.24, 2.45) is 21.5 Å². The van der Waals surface area contributed by atoms with Crippen LogP contribution in [0, 0.1) is 6.92 Å². The normalized spacial score (nSPS) is 18.6. The van der Waals surface area contributed by atoms with Gasteiger partial charge in [0.2, 0.25) is 11.9 Å². The van der Waals surface area contributed by atoms with Crippen LogP contribution in [0.1, 0.15) is 37.7 Å². The van der Waals surface area contributed by atoms with Gasteiger partial charge in [-0.1, -0.05) is 30.7 Å². The highest BCUT2D eigenvalue weighted by molar-refractivity contribution is 7.87. The quantitative estimate of drug-likeness (QED) is 0.723. The smallest absolute Gasteiger partial charge is 0.339 e. The molecule has 1 spiro atoms. The second-order valence-corrected chi connectivity index (χ2v) is 9.16. The summed E-state index contributed by atoms with van der Waals surface area (Å²) in [5.41, 5.74) is 13.1. The third kappa shape index (κ3) is 3.72. The van der Waals surface area contributed by atoms with Gasteiger partial charge in [-0.2, -0.15) is 13.4 Å². The largest absolute Gasteiger partial charge is 0.379 e. The number of hydrogen-bond acceptors (Lipinski definition) is 8. The molecule has 1 aliphatic heterocycles. The molecule has 2 aromatic carbocycles. The molecule has 2 aliphatic rings. The van der Waals surface area contributed by atoms with E-state index in [-0.39, 0.29) is 22.6 Å². The summed E-state index contributed by atoms with van der Waals surface area (Å²) in [7, 11) is -4.03. The second kappa shape index (κ2) is 7.64. The van der Waals surface area contributed by atoms with Gasteiger partial charge in [0.05, 0.1) is 5.69 Å². The van der Waals surface area contributed by atoms with Crippen molar-refractivity contribution in [1.29, 1.82) is 0 Å². The number of para-hydroxylation sites is 1. The zero-order valence-electron chi connectivity index (χ0n) is 16.8. The minimum absolute atomic E-state index is 0.0354. The minimum Gasteiger partial charge on any atom is -0.379 e. The Kier molecular flexibility index (Phi) is 5.15. The maximum absolute atomic E-state index is 12.9. The van der Waals surface area contributed by atoms with Crippen LogP contribution < -0.4 is 20.6 Å². The van der Waals surface area contributed by atoms with Crippen molar-refractivity contribution in [3.8, 4) is 5.75 Å². The van der Waals surface area contributed by atoms with Crippen molar-refractivity contribution in [1.82, 2.24) is 0 Å². The first kappa shape index (κ1) is 20.2. The second-order valence-electron chi connectivity index (χ2n) is 7.62. The third-order valence-corrected chi connectivity index (χ3v) is 6.75. The monoisotopic (exact) mass is 427 g/mol. The fourth-order valence-corrected chi connectivity index (χ4v) is 5.06. The van der Waals surface area contributed by atoms with E-state index in [1.807, 2.05) is 11.8 Å². The summed E-state index contributed by atoms with van der Waals surface area (Å²) in [6.07, 6.45) is 4.60. The number of rotatable bonds is 4. The highest BCUT2D eigenvalue weighted by Gasteiger charge is 2.43. The molecule has 0 amide bonds. The van der Waals surface area contributed by atoms with Crippen molar-refractivity contribution in [3.63, 3.8) is 0 Å². The van der Waals surface area contributed by atoms with Crippen LogP contribution in [0.15, 0.2) is 63.4 Å². The van der Waals surface area contributed by atoms with Gasteiger partial charge in [0, 0.05) is 0 Å². The molecule has 0 bridgehead atoms. The molecule has 2 aromatic rings. The molecule has 1 aliphatic carbocycles. The number of guanidine groups is 2. The van der Waals surface area contributed by atoms with E-state index in [0.717, 1.165) is 37.7 Å². The Labute approximate surface area is 176 Å². The summed E-state index contributed by atoms with van der Waals surface area (Å²) in [5.74, 6) is 0.616. The van der Waals surface area contributed by atoms with Crippen molar-refractivity contribution < 1.29 is 12.6 Å². The Hall–Kier alpha value is -3.07. The van der Waals surface area contributed by atoms with Crippen LogP contribution in [0.4, 0.5) is 5.69 Å². The van der Waals surface area contributed by atoms with Gasteiger partial charge in [0.1, 0.15) is 16.3 Å². The lowest BCUT2D eigenvalue weighted by Crippen LogP contribution is -2.58. The van der Waals surface area contributed by atoms with E-state index in [1.54, 1.807) is 42.5 Å². The lowest BCUT2D eigenvalue weighted by atomic mass is 9.87. The van der Waals surface area contributed by atoms with Crippen molar-refractivity contribution >= 4 is 27.7 Å². The Morgan fingerprint density at radius 2 is 1.73 bits per heavy atom. The summed E-state index contributed by atoms with van der Waals surface area (Å²) < 4.78 is 31.1. The van der Waals surface area contributed by atoms with Crippen molar-refractivity contribution in [2.45, 2.75) is 49.6 Å². The SMILES string of the molecule is Cc1ccc(S(=O)(=O)Oc2ccccc2)cc1N1C(N)=NC(N)=NC12CCCCC2. The Morgan fingerprint density at radius 3 is 2.43 bits per heavy atom. The summed E-state index contributed by atoms with van der Waals surface area (Å²) in [4.78, 5) is 10.7. The van der Waals surface area contributed by atoms with Crippen LogP contribution in [0.2, 0.25) is 0 Å². The summed E-state index contributed by atoms with van der Waals surface area (Å²) in [6.45, 7) is 1.90. The maximum atomic E-state index is 12.9. The molecule has 0 unspecified atom stereocenters. The van der Waals surface area contributed by atoms with E-state index in [1.165, 1.54) is 6.07 Å². The van der Waals surface area contributed by atoms with Gasteiger partial charge in [0.25, 0.3) is 0 Å². The average molecular weight is 428 g/mol. The predicted molar refractivity (Wildman–Crippen MR) is 117 cm³/mol. The highest BCUT2D eigenvalue weighted by atomic mass is 32.2. The molecule has 0 atom stereocenters. The predicted octanol–water partition coefficient (Wildman–Crippen LogP) is 2.87. The zero-order chi connectivity index (χ0) is 21.4. The lowest BCUT2D eigenvalue weighted by molar-refractivity contribution is 0.305. The van der Waals surface area contributed by atoms with E-state index >= 15 is 0 Å². The number of anilines is 1. The van der Waals surface area contributed by atoms with E-state index < -0.39 is 15.8 Å². The highest BCUT2D eigenvalue weighted by Crippen LogP contribution is 2.41. The van der Waals surface area contributed by atoms with E-state index in [0.29, 0.717) is 5.69 Å². The minimum atomic E-state index is -4.03. The number of hydrogen-bond donors (Lipinski definition) is 2. The van der Waals surface area contributed by atoms with Gasteiger partial charge in [-0.15, -0.1) is 0 Å². The molecule has 0 saturated heterocycles. The maximum Gasteiger partial charge on any atom is 0.339 e. The first-order chi connectivity index (χ1) is 14.3. The fraction of sp³-hybridized carbons (Fsp3) is 0.333. The Morgan fingerprint density at radius 1 is 1.03 bits per heavy atom. The van der Waals surface area contributed by atoms with Gasteiger partial charge in [-0.3, -0.25) is 4.90 Å². The average Bonchev–Trinajstić information content (AvgIpc) is 2.69. The molecular formula is C21H25N5O3S. The van der Waals surface area contributed by atoms with Crippen LogP contribution in [0.5, 0.6) is 5.75 Å². The first-order valence-corrected chi connectivity index (χ1v) is 11.3. The van der Waals surface area contributed by atoms with Gasteiger partial charge < -0.3 is 15.7 Å². The van der Waals surface area contributed by atoms with E-state index in [4.69, 9.17) is 15.7 Å². The molecule has 1 saturated carbocycles. The van der Waals surface area contributed by atoms with Gasteiger partial charge in [-0.25, -0.2) is 4.99 Å². The molecule has 1 fully saturated rings. The van der Waals surface area contributed by atoms with Gasteiger partial charge in [-0.05, 0) is 62.4 Å². The number of nitrogens with zero attached hydrogens (tertiary/aromatic N) is 3. The summed E-state index contributed by atoms with van der Waals surface area (Å²) in [5, 5.41) is 0. The molecule has 0 radical (unpaired) electrons. The molecule has 1 heterocycles. The fourth-order valence-electron chi connectivity index (χ4n) is 4.11. The van der Waals surface area contributed by atoms with Crippen LogP contribution in [0.25, 0.3) is 0 Å². The number of aliphatic imine (C=N–C) groups is 2. The molecule has 8 nitrogen and oxygen atoms in total. The molecule has 0 aromatic heterocycles. The Bertz CT molecular complexity index is 1110. The number of nitrogens with two attached hydrogens (primary N) is 2. The number of benzene rings is 2. The lowest BCUT2D eigenvalue weighted by Gasteiger charge is -2.46. The standard InChI is InChI=1S/C21H25N5O3S/c1-15-10-11-17(30(27,28)29-16-8-4-2-5-9-16)14-18(15)26-20(23)24-19(22)25-21(26)12-6-3-7-13-21/h2,4-5,8-11,14H,3,6-7,12-13H2,1H3,(H4,22,23,24,25). The zero-order valence-corrected chi connectivity index (χ0v) is 17.6. The summed E-state index contributed by atoms with van der Waals surface area (Å²) in [6, 6.07) is 13.2. The van der Waals surface area contributed by atoms with Gasteiger partial charge in [0.15, 0.2) is 0 Å². The molecule has 4 rings (SSSR count). The van der Waals surface area contributed by atoms with Crippen molar-refractivity contribution in [2.75, 3.05) is 4.90 Å². The molecule has 9 heteroatoms. The van der Waals surface area contributed by atoms with Crippen LogP contribution in [0.3, 0.4) is 0 Å². The molecular weight excluding hydrogens is 402 g/mol. The summed E-state index contributed by atoms with van der Waals surface area (Å²) >= 11 is 0. The van der Waals surface area contributed by atoms with E-state index in [9.17, 15) is 8.42 Å². The van der Waals surface area contributed by atoms with E-state index in [2.05, 4.69) is 9.98 Å². The first-order valence-electron chi connectivity index (χ1n) is 9.91. The van der Waals surface area contributed by atoms with Crippen LogP contribution in [-0.2, 0) is 10.1 Å². The topological polar surface area (TPSA) is 123 Å². The van der Waals surface area contributed by atoms with Crippen LogP contribution >= 0.6 is 0 Å². The van der Waals surface area contributed by atoms with Crippen LogP contribution in [-0.4, -0.2) is 26.0 Å².